The van der Waals surface area contributed by atoms with Gasteiger partial charge in [-0.1, -0.05) is 27.7 Å². The van der Waals surface area contributed by atoms with Crippen LogP contribution in [0.1, 0.15) is 34.1 Å². The van der Waals surface area contributed by atoms with Crippen molar-refractivity contribution >= 4 is 7.68 Å². The maximum Gasteiger partial charge on any atom is 0.367 e. The van der Waals surface area contributed by atoms with E-state index >= 15 is 0 Å². The Kier molecular flexibility index (Phi) is 5.03. The van der Waals surface area contributed by atoms with Crippen molar-refractivity contribution in [2.24, 2.45) is 5.92 Å². The average molecular weight is 196 g/mol. The first-order valence-corrected chi connectivity index (χ1v) is 6.10. The fraction of sp³-hybridized carbons (Fsp3) is 1.00. The van der Waals surface area contributed by atoms with Crippen molar-refractivity contribution in [2.75, 3.05) is 6.16 Å². The normalized spacial score (nSPS) is 19.2. The van der Waals surface area contributed by atoms with E-state index in [9.17, 15) is 8.76 Å². The smallest absolute Gasteiger partial charge is 0.302 e. The number of hydrogen-bond acceptors (Lipinski definition) is 2. The van der Waals surface area contributed by atoms with Gasteiger partial charge in [-0.15, -0.1) is 0 Å². The molecule has 0 aromatic heterocycles. The van der Waals surface area contributed by atoms with Gasteiger partial charge in [0.15, 0.2) is 0 Å². The lowest BCUT2D eigenvalue weighted by Crippen LogP contribution is -2.16. The van der Waals surface area contributed by atoms with E-state index in [4.69, 9.17) is 4.52 Å². The van der Waals surface area contributed by atoms with Gasteiger partial charge in [-0.2, -0.15) is 4.20 Å². The van der Waals surface area contributed by atoms with Crippen molar-refractivity contribution in [1.29, 1.82) is 0 Å². The van der Waals surface area contributed by atoms with Gasteiger partial charge in [-0.25, -0.2) is 0 Å². The molecule has 12 heavy (non-hydrogen) atoms. The average Bonchev–Trinajstić information content (AvgIpc) is 2.00. The first-order chi connectivity index (χ1) is 5.43. The van der Waals surface area contributed by atoms with Crippen LogP contribution in [0.4, 0.5) is 4.20 Å². The molecular weight excluding hydrogens is 178 g/mol. The van der Waals surface area contributed by atoms with Crippen LogP contribution < -0.4 is 0 Å². The summed E-state index contributed by atoms with van der Waals surface area (Å²) in [5.74, 6) is 0.214. The number of rotatable bonds is 5. The molecule has 2 atom stereocenters. The highest BCUT2D eigenvalue weighted by Crippen LogP contribution is 2.50. The van der Waals surface area contributed by atoms with Crippen LogP contribution in [-0.2, 0) is 9.09 Å². The zero-order valence-corrected chi connectivity index (χ0v) is 9.11. The van der Waals surface area contributed by atoms with E-state index < -0.39 is 7.68 Å². The van der Waals surface area contributed by atoms with Gasteiger partial charge in [0.2, 0.25) is 0 Å². The summed E-state index contributed by atoms with van der Waals surface area (Å²) in [7, 11) is -3.80. The Morgan fingerprint density at radius 3 is 2.17 bits per heavy atom. The second-order valence-corrected chi connectivity index (χ2v) is 5.23. The van der Waals surface area contributed by atoms with Gasteiger partial charge in [0.25, 0.3) is 0 Å². The Bertz CT molecular complexity index is 170. The van der Waals surface area contributed by atoms with Crippen LogP contribution in [0.5, 0.6) is 0 Å². The zero-order valence-electron chi connectivity index (χ0n) is 8.21. The lowest BCUT2D eigenvalue weighted by Gasteiger charge is -2.21. The largest absolute Gasteiger partial charge is 0.367 e. The molecule has 0 bridgehead atoms. The van der Waals surface area contributed by atoms with Crippen LogP contribution in [0.3, 0.4) is 0 Å². The van der Waals surface area contributed by atoms with E-state index in [-0.39, 0.29) is 18.2 Å². The summed E-state index contributed by atoms with van der Waals surface area (Å²) in [6, 6.07) is 0. The highest BCUT2D eigenvalue weighted by atomic mass is 31.2. The van der Waals surface area contributed by atoms with Crippen LogP contribution in [0.2, 0.25) is 0 Å². The van der Waals surface area contributed by atoms with Gasteiger partial charge < -0.3 is 4.52 Å². The molecule has 2 nitrogen and oxygen atoms in total. The Labute approximate surface area is 74.1 Å². The fourth-order valence-electron chi connectivity index (χ4n) is 0.944. The van der Waals surface area contributed by atoms with E-state index in [0.717, 1.165) is 0 Å². The van der Waals surface area contributed by atoms with Crippen molar-refractivity contribution < 1.29 is 13.3 Å². The molecule has 0 spiro atoms. The molecule has 0 rings (SSSR count). The van der Waals surface area contributed by atoms with E-state index in [1.165, 1.54) is 6.92 Å². The molecule has 0 fully saturated rings. The second-order valence-electron chi connectivity index (χ2n) is 3.20. The molecule has 4 heteroatoms. The first kappa shape index (κ1) is 12.1. The Balaban J connectivity index is 4.11. The molecule has 0 heterocycles. The third kappa shape index (κ3) is 4.22. The first-order valence-electron chi connectivity index (χ1n) is 4.40. The van der Waals surface area contributed by atoms with Crippen LogP contribution in [0.25, 0.3) is 0 Å². The van der Waals surface area contributed by atoms with E-state index in [0.29, 0.717) is 6.42 Å². The summed E-state index contributed by atoms with van der Waals surface area (Å²) in [5, 5.41) is 0. The van der Waals surface area contributed by atoms with Gasteiger partial charge in [0.05, 0.1) is 12.3 Å². The highest BCUT2D eigenvalue weighted by molar-refractivity contribution is 7.53. The van der Waals surface area contributed by atoms with Gasteiger partial charge >= 0.3 is 7.68 Å². The molecule has 0 aromatic rings. The number of hydrogen-bond donors (Lipinski definition) is 0. The molecule has 0 radical (unpaired) electrons. The van der Waals surface area contributed by atoms with E-state index in [2.05, 4.69) is 0 Å². The van der Waals surface area contributed by atoms with Gasteiger partial charge in [-0.3, -0.25) is 4.57 Å². The minimum Gasteiger partial charge on any atom is -0.302 e. The monoisotopic (exact) mass is 196 g/mol. The summed E-state index contributed by atoms with van der Waals surface area (Å²) in [6.07, 6.45) is 0.447. The van der Waals surface area contributed by atoms with Gasteiger partial charge in [-0.05, 0) is 12.3 Å². The lowest BCUT2D eigenvalue weighted by atomic mass is 10.1. The van der Waals surface area contributed by atoms with Gasteiger partial charge in [0, 0.05) is 0 Å². The minimum absolute atomic E-state index is 0.0315. The third-order valence-electron chi connectivity index (χ3n) is 1.82. The van der Waals surface area contributed by atoms with Crippen molar-refractivity contribution in [3.05, 3.63) is 0 Å². The second kappa shape index (κ2) is 4.98. The Morgan fingerprint density at radius 2 is 1.92 bits per heavy atom. The van der Waals surface area contributed by atoms with Crippen LogP contribution in [0, 0.1) is 5.92 Å². The molecule has 0 saturated heterocycles. The SMILES string of the molecule is CCC(OP(=O)(F)CC)C(C)C. The molecule has 0 aromatic carbocycles. The van der Waals surface area contributed by atoms with Crippen LogP contribution in [-0.4, -0.2) is 12.3 Å². The van der Waals surface area contributed by atoms with Crippen LogP contribution in [0.15, 0.2) is 0 Å². The summed E-state index contributed by atoms with van der Waals surface area (Å²) in [4.78, 5) is 0. The summed E-state index contributed by atoms with van der Waals surface area (Å²) in [5.41, 5.74) is 0. The van der Waals surface area contributed by atoms with Crippen molar-refractivity contribution in [2.45, 2.75) is 40.2 Å². The predicted octanol–water partition coefficient (Wildman–Crippen LogP) is 3.62. The predicted molar refractivity (Wildman–Crippen MR) is 49.3 cm³/mol. The summed E-state index contributed by atoms with van der Waals surface area (Å²) in [6.45, 7) is 7.31. The molecule has 74 valence electrons. The maximum absolute atomic E-state index is 13.0. The molecule has 0 N–H and O–H groups in total. The molecule has 0 aliphatic carbocycles. The molecule has 0 saturated carbocycles. The van der Waals surface area contributed by atoms with Crippen molar-refractivity contribution in [3.8, 4) is 0 Å². The minimum atomic E-state index is -3.80. The molecule has 0 aliphatic rings. The summed E-state index contributed by atoms with van der Waals surface area (Å²) >= 11 is 0. The van der Waals surface area contributed by atoms with Gasteiger partial charge in [0.1, 0.15) is 0 Å². The zero-order chi connectivity index (χ0) is 9.78. The summed E-state index contributed by atoms with van der Waals surface area (Å²) < 4.78 is 28.8. The quantitative estimate of drug-likeness (QED) is 0.628. The Morgan fingerprint density at radius 1 is 1.42 bits per heavy atom. The molecule has 2 unspecified atom stereocenters. The van der Waals surface area contributed by atoms with E-state index in [1.54, 1.807) is 0 Å². The fourth-order valence-corrected chi connectivity index (χ4v) is 1.89. The van der Waals surface area contributed by atoms with Crippen LogP contribution >= 0.6 is 7.68 Å². The molecule has 0 amide bonds. The molecular formula is C8H18FO2P. The van der Waals surface area contributed by atoms with Crippen molar-refractivity contribution in [3.63, 3.8) is 0 Å². The Hall–Kier alpha value is 0.120. The van der Waals surface area contributed by atoms with Crippen molar-refractivity contribution in [1.82, 2.24) is 0 Å². The lowest BCUT2D eigenvalue weighted by molar-refractivity contribution is 0.138. The topological polar surface area (TPSA) is 26.3 Å². The maximum atomic E-state index is 13.0. The third-order valence-corrected chi connectivity index (χ3v) is 3.16. The standard InChI is InChI=1S/C8H18FO2P/c1-5-8(7(3)4)11-12(9,10)6-2/h7-8H,5-6H2,1-4H3. The number of halogens is 1. The molecule has 0 aliphatic heterocycles. The highest BCUT2D eigenvalue weighted by Gasteiger charge is 2.25. The van der Waals surface area contributed by atoms with E-state index in [1.807, 2.05) is 20.8 Å².